The molecule has 1 rings (SSSR count). The van der Waals surface area contributed by atoms with Gasteiger partial charge in [-0.3, -0.25) is 9.59 Å². The molecule has 1 aromatic rings. The van der Waals surface area contributed by atoms with Gasteiger partial charge in [-0.1, -0.05) is 38.5 Å². The van der Waals surface area contributed by atoms with Crippen LogP contribution in [0, 0.1) is 12.3 Å². The van der Waals surface area contributed by atoms with Crippen LogP contribution in [0.15, 0.2) is 24.3 Å². The van der Waals surface area contributed by atoms with Gasteiger partial charge >= 0.3 is 5.97 Å². The predicted octanol–water partition coefficient (Wildman–Crippen LogP) is 2.85. The van der Waals surface area contributed by atoms with E-state index in [9.17, 15) is 9.59 Å². The van der Waals surface area contributed by atoms with E-state index in [0.29, 0.717) is 12.1 Å². The molecule has 1 N–H and O–H groups in total. The fraction of sp³-hybridized carbons (Fsp3) is 0.467. The lowest BCUT2D eigenvalue weighted by Crippen LogP contribution is -2.43. The van der Waals surface area contributed by atoms with Crippen LogP contribution in [0.5, 0.6) is 0 Å². The number of aryl methyl sites for hydroxylation is 1. The third-order valence-electron chi connectivity index (χ3n) is 3.35. The number of amides is 1. The van der Waals surface area contributed by atoms with E-state index in [0.717, 1.165) is 5.56 Å². The second-order valence-corrected chi connectivity index (χ2v) is 5.36. The van der Waals surface area contributed by atoms with E-state index in [4.69, 9.17) is 5.11 Å². The third kappa shape index (κ3) is 3.81. The SMILES string of the molecule is CCC(C)(C)C(=O)N(CC(=O)O)c1ccc(C)cc1. The molecule has 1 amide bonds. The van der Waals surface area contributed by atoms with Gasteiger partial charge in [0.05, 0.1) is 0 Å². The third-order valence-corrected chi connectivity index (χ3v) is 3.35. The summed E-state index contributed by atoms with van der Waals surface area (Å²) < 4.78 is 0. The van der Waals surface area contributed by atoms with Crippen molar-refractivity contribution >= 4 is 17.6 Å². The zero-order chi connectivity index (χ0) is 14.6. The molecule has 0 atom stereocenters. The highest BCUT2D eigenvalue weighted by molar-refractivity contribution is 6.00. The van der Waals surface area contributed by atoms with E-state index < -0.39 is 11.4 Å². The van der Waals surface area contributed by atoms with Crippen LogP contribution in [0.3, 0.4) is 0 Å². The number of carboxylic acids is 1. The Balaban J connectivity index is 3.11. The highest BCUT2D eigenvalue weighted by Gasteiger charge is 2.32. The van der Waals surface area contributed by atoms with Crippen LogP contribution in [-0.2, 0) is 9.59 Å². The van der Waals surface area contributed by atoms with Gasteiger partial charge in [-0.25, -0.2) is 0 Å². The molecule has 19 heavy (non-hydrogen) atoms. The van der Waals surface area contributed by atoms with Gasteiger partial charge in [0.2, 0.25) is 5.91 Å². The molecular formula is C15H21NO3. The minimum absolute atomic E-state index is 0.166. The molecule has 4 nitrogen and oxygen atoms in total. The van der Waals surface area contributed by atoms with Crippen molar-refractivity contribution in [3.05, 3.63) is 29.8 Å². The average molecular weight is 263 g/mol. The maximum atomic E-state index is 12.5. The fourth-order valence-corrected chi connectivity index (χ4v) is 1.66. The number of carboxylic acid groups (broad SMARTS) is 1. The van der Waals surface area contributed by atoms with Gasteiger partial charge in [-0.15, -0.1) is 0 Å². The molecule has 0 bridgehead atoms. The van der Waals surface area contributed by atoms with Gasteiger partial charge in [0.25, 0.3) is 0 Å². The van der Waals surface area contributed by atoms with Gasteiger partial charge in [0.15, 0.2) is 0 Å². The minimum atomic E-state index is -1.01. The van der Waals surface area contributed by atoms with Crippen molar-refractivity contribution < 1.29 is 14.7 Å². The molecule has 0 aliphatic rings. The number of carbonyl (C=O) groups is 2. The zero-order valence-electron chi connectivity index (χ0n) is 11.9. The van der Waals surface area contributed by atoms with Gasteiger partial charge in [-0.2, -0.15) is 0 Å². The molecule has 0 aromatic heterocycles. The zero-order valence-corrected chi connectivity index (χ0v) is 11.9. The quantitative estimate of drug-likeness (QED) is 0.888. The van der Waals surface area contributed by atoms with Crippen LogP contribution in [0.2, 0.25) is 0 Å². The number of benzene rings is 1. The predicted molar refractivity (Wildman–Crippen MR) is 75.2 cm³/mol. The van der Waals surface area contributed by atoms with E-state index >= 15 is 0 Å². The van der Waals surface area contributed by atoms with Crippen molar-refractivity contribution in [3.8, 4) is 0 Å². The molecule has 0 radical (unpaired) electrons. The Bertz CT molecular complexity index is 463. The molecule has 4 heteroatoms. The Morgan fingerprint density at radius 2 is 1.74 bits per heavy atom. The van der Waals surface area contributed by atoms with Crippen molar-refractivity contribution in [2.24, 2.45) is 5.41 Å². The van der Waals surface area contributed by atoms with E-state index in [-0.39, 0.29) is 12.5 Å². The minimum Gasteiger partial charge on any atom is -0.480 e. The normalized spacial score (nSPS) is 11.2. The number of nitrogens with zero attached hydrogens (tertiary/aromatic N) is 1. The van der Waals surface area contributed by atoms with Gasteiger partial charge in [0, 0.05) is 11.1 Å². The Morgan fingerprint density at radius 3 is 2.16 bits per heavy atom. The second-order valence-electron chi connectivity index (χ2n) is 5.36. The van der Waals surface area contributed by atoms with Crippen LogP contribution in [0.4, 0.5) is 5.69 Å². The summed E-state index contributed by atoms with van der Waals surface area (Å²) in [5.41, 5.74) is 1.13. The second kappa shape index (κ2) is 5.87. The monoisotopic (exact) mass is 263 g/mol. The summed E-state index contributed by atoms with van der Waals surface area (Å²) in [5, 5.41) is 8.99. The lowest BCUT2D eigenvalue weighted by atomic mass is 9.88. The summed E-state index contributed by atoms with van der Waals surface area (Å²) in [6, 6.07) is 7.30. The van der Waals surface area contributed by atoms with Crippen molar-refractivity contribution in [2.45, 2.75) is 34.1 Å². The highest BCUT2D eigenvalue weighted by Crippen LogP contribution is 2.26. The largest absolute Gasteiger partial charge is 0.480 e. The molecule has 104 valence electrons. The average Bonchev–Trinajstić information content (AvgIpc) is 2.36. The number of rotatable bonds is 5. The lowest BCUT2D eigenvalue weighted by Gasteiger charge is -2.30. The van der Waals surface area contributed by atoms with E-state index in [1.165, 1.54) is 4.90 Å². The molecular weight excluding hydrogens is 242 g/mol. The molecule has 0 spiro atoms. The standard InChI is InChI=1S/C15H21NO3/c1-5-15(3,4)14(19)16(10-13(17)18)12-8-6-11(2)7-9-12/h6-9H,5,10H2,1-4H3,(H,17,18). The molecule has 0 aliphatic carbocycles. The Morgan fingerprint density at radius 1 is 1.21 bits per heavy atom. The van der Waals surface area contributed by atoms with E-state index in [2.05, 4.69) is 0 Å². The first-order valence-corrected chi connectivity index (χ1v) is 6.38. The van der Waals surface area contributed by atoms with Gasteiger partial charge in [0.1, 0.15) is 6.54 Å². The summed E-state index contributed by atoms with van der Waals surface area (Å²) in [5.74, 6) is -1.18. The van der Waals surface area contributed by atoms with E-state index in [1.807, 2.05) is 39.8 Å². The van der Waals surface area contributed by atoms with Crippen molar-refractivity contribution in [1.29, 1.82) is 0 Å². The van der Waals surface area contributed by atoms with Crippen LogP contribution >= 0.6 is 0 Å². The summed E-state index contributed by atoms with van der Waals surface area (Å²) in [6.45, 7) is 7.22. The first-order valence-electron chi connectivity index (χ1n) is 6.38. The van der Waals surface area contributed by atoms with Gasteiger partial charge in [-0.05, 0) is 25.5 Å². The maximum Gasteiger partial charge on any atom is 0.323 e. The molecule has 0 saturated carbocycles. The number of hydrogen-bond acceptors (Lipinski definition) is 2. The first kappa shape index (κ1) is 15.2. The van der Waals surface area contributed by atoms with Crippen LogP contribution in [-0.4, -0.2) is 23.5 Å². The summed E-state index contributed by atoms with van der Waals surface area (Å²) in [7, 11) is 0. The molecule has 0 saturated heterocycles. The summed E-state index contributed by atoms with van der Waals surface area (Å²) >= 11 is 0. The Kier molecular flexibility index (Phi) is 4.70. The van der Waals surface area contributed by atoms with Crippen molar-refractivity contribution in [2.75, 3.05) is 11.4 Å². The Labute approximate surface area is 114 Å². The smallest absolute Gasteiger partial charge is 0.323 e. The molecule has 0 fully saturated rings. The molecule has 0 aliphatic heterocycles. The topological polar surface area (TPSA) is 57.6 Å². The Hall–Kier alpha value is -1.84. The van der Waals surface area contributed by atoms with E-state index in [1.54, 1.807) is 12.1 Å². The van der Waals surface area contributed by atoms with Crippen LogP contribution in [0.1, 0.15) is 32.8 Å². The summed E-state index contributed by atoms with van der Waals surface area (Å²) in [4.78, 5) is 24.8. The number of hydrogen-bond donors (Lipinski definition) is 1. The number of anilines is 1. The lowest BCUT2D eigenvalue weighted by molar-refractivity contribution is -0.137. The van der Waals surface area contributed by atoms with Crippen LogP contribution in [0.25, 0.3) is 0 Å². The van der Waals surface area contributed by atoms with Crippen molar-refractivity contribution in [3.63, 3.8) is 0 Å². The van der Waals surface area contributed by atoms with Gasteiger partial charge < -0.3 is 10.0 Å². The molecule has 0 heterocycles. The fourth-order valence-electron chi connectivity index (χ4n) is 1.66. The molecule has 0 unspecified atom stereocenters. The molecule has 1 aromatic carbocycles. The van der Waals surface area contributed by atoms with Crippen molar-refractivity contribution in [1.82, 2.24) is 0 Å². The number of carbonyl (C=O) groups excluding carboxylic acids is 1. The maximum absolute atomic E-state index is 12.5. The highest BCUT2D eigenvalue weighted by atomic mass is 16.4. The first-order chi connectivity index (χ1) is 8.77. The van der Waals surface area contributed by atoms with Crippen LogP contribution < -0.4 is 4.90 Å². The number of aliphatic carboxylic acids is 1. The summed E-state index contributed by atoms with van der Waals surface area (Å²) in [6.07, 6.45) is 0.661.